The number of ether oxygens (including phenoxy) is 1. The zero-order valence-corrected chi connectivity index (χ0v) is 15.7. The predicted molar refractivity (Wildman–Crippen MR) is 102 cm³/mol. The molecule has 1 aliphatic rings. The molecule has 1 N–H and O–H groups in total. The Morgan fingerprint density at radius 3 is 2.81 bits per heavy atom. The van der Waals surface area contributed by atoms with E-state index >= 15 is 0 Å². The number of piperidine rings is 1. The Hall–Kier alpha value is -2.67. The zero-order valence-electron chi connectivity index (χ0n) is 15.7. The van der Waals surface area contributed by atoms with Crippen molar-refractivity contribution in [3.05, 3.63) is 51.9 Å². The van der Waals surface area contributed by atoms with Crippen molar-refractivity contribution in [1.82, 2.24) is 20.0 Å². The van der Waals surface area contributed by atoms with Gasteiger partial charge in [0.1, 0.15) is 5.75 Å². The van der Waals surface area contributed by atoms with Gasteiger partial charge >= 0.3 is 0 Å². The van der Waals surface area contributed by atoms with Gasteiger partial charge in [0, 0.05) is 35.9 Å². The molecular weight excluding hydrogens is 344 g/mol. The maximum atomic E-state index is 12.5. The van der Waals surface area contributed by atoms with Gasteiger partial charge in [-0.1, -0.05) is 5.16 Å². The fourth-order valence-corrected chi connectivity index (χ4v) is 3.67. The van der Waals surface area contributed by atoms with Crippen LogP contribution in [-0.4, -0.2) is 39.7 Å². The number of hydrogen-bond acceptors (Lipinski definition) is 6. The fourth-order valence-electron chi connectivity index (χ4n) is 3.67. The number of aromatic amines is 1. The third-order valence-electron chi connectivity index (χ3n) is 5.09. The molecule has 0 amide bonds. The molecule has 7 nitrogen and oxygen atoms in total. The Kier molecular flexibility index (Phi) is 4.94. The Balaban J connectivity index is 1.47. The van der Waals surface area contributed by atoms with Crippen LogP contribution < -0.4 is 10.3 Å². The average Bonchev–Trinajstić information content (AvgIpc) is 3.10. The molecule has 3 aromatic rings. The van der Waals surface area contributed by atoms with Crippen molar-refractivity contribution in [1.29, 1.82) is 0 Å². The van der Waals surface area contributed by atoms with Gasteiger partial charge < -0.3 is 14.2 Å². The van der Waals surface area contributed by atoms with Gasteiger partial charge in [-0.05, 0) is 57.1 Å². The Morgan fingerprint density at radius 1 is 1.30 bits per heavy atom. The summed E-state index contributed by atoms with van der Waals surface area (Å²) >= 11 is 0. The molecule has 0 atom stereocenters. The molecule has 0 bridgehead atoms. The molecular formula is C20H24N4O3. The van der Waals surface area contributed by atoms with Crippen LogP contribution in [0.5, 0.6) is 5.75 Å². The summed E-state index contributed by atoms with van der Waals surface area (Å²) in [6, 6.07) is 7.73. The van der Waals surface area contributed by atoms with E-state index in [1.165, 1.54) is 0 Å². The van der Waals surface area contributed by atoms with E-state index in [2.05, 4.69) is 20.0 Å². The highest BCUT2D eigenvalue weighted by Crippen LogP contribution is 2.27. The van der Waals surface area contributed by atoms with Crippen LogP contribution in [0.25, 0.3) is 10.9 Å². The second-order valence-corrected chi connectivity index (χ2v) is 7.03. The van der Waals surface area contributed by atoms with Crippen LogP contribution in [0.15, 0.2) is 33.6 Å². The summed E-state index contributed by atoms with van der Waals surface area (Å²) in [7, 11) is 0. The van der Waals surface area contributed by atoms with Crippen LogP contribution >= 0.6 is 0 Å². The first-order chi connectivity index (χ1) is 13.1. The lowest BCUT2D eigenvalue weighted by Crippen LogP contribution is -2.34. The van der Waals surface area contributed by atoms with Gasteiger partial charge in [0.05, 0.1) is 6.61 Å². The first kappa shape index (κ1) is 17.7. The minimum atomic E-state index is -0.0254. The van der Waals surface area contributed by atoms with E-state index < -0.39 is 0 Å². The van der Waals surface area contributed by atoms with Crippen molar-refractivity contribution in [3.63, 3.8) is 0 Å². The smallest absolute Gasteiger partial charge is 0.252 e. The maximum Gasteiger partial charge on any atom is 0.252 e. The number of aryl methyl sites for hydroxylation is 1. The van der Waals surface area contributed by atoms with Crippen molar-refractivity contribution in [2.75, 3.05) is 19.7 Å². The summed E-state index contributed by atoms with van der Waals surface area (Å²) in [4.78, 5) is 22.1. The average molecular weight is 368 g/mol. The lowest BCUT2D eigenvalue weighted by atomic mass is 9.96. The molecule has 1 aliphatic heterocycles. The molecule has 4 rings (SSSR count). The number of benzene rings is 1. The Bertz CT molecular complexity index is 986. The molecule has 1 saturated heterocycles. The highest BCUT2D eigenvalue weighted by atomic mass is 16.5. The number of nitrogens with zero attached hydrogens (tertiary/aromatic N) is 3. The number of rotatable bonds is 5. The molecule has 1 fully saturated rings. The summed E-state index contributed by atoms with van der Waals surface area (Å²) in [6.45, 7) is 6.86. The molecule has 3 heterocycles. The van der Waals surface area contributed by atoms with Crippen molar-refractivity contribution in [2.24, 2.45) is 0 Å². The summed E-state index contributed by atoms with van der Waals surface area (Å²) in [5.74, 6) is 2.57. The zero-order chi connectivity index (χ0) is 18.8. The molecule has 7 heteroatoms. The highest BCUT2D eigenvalue weighted by molar-refractivity contribution is 5.80. The van der Waals surface area contributed by atoms with Gasteiger partial charge in [-0.2, -0.15) is 4.98 Å². The van der Waals surface area contributed by atoms with E-state index in [-0.39, 0.29) is 5.56 Å². The van der Waals surface area contributed by atoms with E-state index in [0.717, 1.165) is 54.0 Å². The number of nitrogens with one attached hydrogen (secondary N) is 1. The van der Waals surface area contributed by atoms with Crippen molar-refractivity contribution >= 4 is 10.9 Å². The Morgan fingerprint density at radius 2 is 2.11 bits per heavy atom. The summed E-state index contributed by atoms with van der Waals surface area (Å²) in [5.41, 5.74) is 1.59. The molecule has 1 aromatic carbocycles. The van der Waals surface area contributed by atoms with E-state index in [4.69, 9.17) is 9.26 Å². The molecule has 0 unspecified atom stereocenters. The van der Waals surface area contributed by atoms with Gasteiger partial charge in [-0.25, -0.2) is 0 Å². The normalized spacial score (nSPS) is 16.1. The molecule has 27 heavy (non-hydrogen) atoms. The number of hydrogen-bond donors (Lipinski definition) is 1. The number of H-pyrrole nitrogens is 1. The lowest BCUT2D eigenvalue weighted by Gasteiger charge is -2.30. The maximum absolute atomic E-state index is 12.5. The van der Waals surface area contributed by atoms with Crippen LogP contribution in [0.4, 0.5) is 0 Å². The van der Waals surface area contributed by atoms with Gasteiger partial charge in [-0.3, -0.25) is 9.69 Å². The number of aromatic nitrogens is 3. The second kappa shape index (κ2) is 7.52. The molecule has 0 spiro atoms. The first-order valence-electron chi connectivity index (χ1n) is 9.43. The monoisotopic (exact) mass is 368 g/mol. The highest BCUT2D eigenvalue weighted by Gasteiger charge is 2.24. The molecule has 0 aliphatic carbocycles. The summed E-state index contributed by atoms with van der Waals surface area (Å²) < 4.78 is 10.7. The van der Waals surface area contributed by atoms with Gasteiger partial charge in [0.25, 0.3) is 5.56 Å². The second-order valence-electron chi connectivity index (χ2n) is 7.03. The van der Waals surface area contributed by atoms with Crippen LogP contribution in [0.3, 0.4) is 0 Å². The molecule has 142 valence electrons. The fraction of sp³-hybridized carbons (Fsp3) is 0.450. The SMILES string of the molecule is CCOc1ccc2[nH]c(=O)c(CN3CCC(c4noc(C)n4)CC3)cc2c1. The topological polar surface area (TPSA) is 84.3 Å². The third-order valence-corrected chi connectivity index (χ3v) is 5.09. The lowest BCUT2D eigenvalue weighted by molar-refractivity contribution is 0.199. The quantitative estimate of drug-likeness (QED) is 0.745. The molecule has 2 aromatic heterocycles. The van der Waals surface area contributed by atoms with Crippen LogP contribution in [-0.2, 0) is 6.54 Å². The largest absolute Gasteiger partial charge is 0.494 e. The van der Waals surface area contributed by atoms with Gasteiger partial charge in [0.2, 0.25) is 5.89 Å². The van der Waals surface area contributed by atoms with E-state index in [9.17, 15) is 4.79 Å². The van der Waals surface area contributed by atoms with Gasteiger partial charge in [-0.15, -0.1) is 0 Å². The van der Waals surface area contributed by atoms with Crippen molar-refractivity contribution < 1.29 is 9.26 Å². The van der Waals surface area contributed by atoms with Crippen LogP contribution in [0.1, 0.15) is 43.0 Å². The van der Waals surface area contributed by atoms with E-state index in [1.807, 2.05) is 38.1 Å². The number of pyridine rings is 1. The summed E-state index contributed by atoms with van der Waals surface area (Å²) in [6.07, 6.45) is 1.94. The standard InChI is InChI=1S/C20H24N4O3/c1-3-26-17-4-5-18-15(11-17)10-16(20(25)22-18)12-24-8-6-14(7-9-24)19-21-13(2)27-23-19/h4-5,10-11,14H,3,6-9,12H2,1-2H3,(H,22,25). The van der Waals surface area contributed by atoms with Crippen molar-refractivity contribution in [3.8, 4) is 5.75 Å². The van der Waals surface area contributed by atoms with Gasteiger partial charge in [0.15, 0.2) is 5.82 Å². The first-order valence-corrected chi connectivity index (χ1v) is 9.43. The summed E-state index contributed by atoms with van der Waals surface area (Å²) in [5, 5.41) is 5.04. The molecule has 0 saturated carbocycles. The number of fused-ring (bicyclic) bond motifs is 1. The molecule has 0 radical (unpaired) electrons. The van der Waals surface area contributed by atoms with Crippen LogP contribution in [0, 0.1) is 6.92 Å². The van der Waals surface area contributed by atoms with Crippen LogP contribution in [0.2, 0.25) is 0 Å². The predicted octanol–water partition coefficient (Wildman–Crippen LogP) is 3.00. The van der Waals surface area contributed by atoms with E-state index in [0.29, 0.717) is 25.0 Å². The minimum Gasteiger partial charge on any atom is -0.494 e. The van der Waals surface area contributed by atoms with E-state index in [1.54, 1.807) is 0 Å². The Labute approximate surface area is 157 Å². The minimum absolute atomic E-state index is 0.0254. The van der Waals surface area contributed by atoms with Crippen molar-refractivity contribution in [2.45, 2.75) is 39.2 Å². The third kappa shape index (κ3) is 3.88. The number of likely N-dealkylation sites (tertiary alicyclic amines) is 1.